The van der Waals surface area contributed by atoms with Crippen LogP contribution in [0, 0.1) is 18.3 Å². The molecular weight excluding hydrogens is 186 g/mol. The van der Waals surface area contributed by atoms with E-state index in [-0.39, 0.29) is 0 Å². The van der Waals surface area contributed by atoms with Crippen LogP contribution in [0.2, 0.25) is 0 Å². The van der Waals surface area contributed by atoms with Gasteiger partial charge in [-0.05, 0) is 24.6 Å². The minimum atomic E-state index is 0.692. The second kappa shape index (κ2) is 3.97. The van der Waals surface area contributed by atoms with Gasteiger partial charge in [0.2, 0.25) is 0 Å². The average Bonchev–Trinajstić information content (AvgIpc) is 2.66. The number of hydrogen-bond acceptors (Lipinski definition) is 2. The number of nitrogens with one attached hydrogen (secondary N) is 1. The first-order chi connectivity index (χ1) is 7.29. The van der Waals surface area contributed by atoms with Crippen molar-refractivity contribution >= 4 is 0 Å². The monoisotopic (exact) mass is 197 g/mol. The van der Waals surface area contributed by atoms with Gasteiger partial charge in [-0.2, -0.15) is 5.26 Å². The van der Waals surface area contributed by atoms with Gasteiger partial charge >= 0.3 is 0 Å². The molecule has 1 aromatic heterocycles. The minimum Gasteiger partial charge on any atom is -0.348 e. The molecule has 0 fully saturated rings. The number of nitrogens with zero attached hydrogens (tertiary/aromatic N) is 2. The number of aryl methyl sites for hydroxylation is 1. The van der Waals surface area contributed by atoms with Gasteiger partial charge < -0.3 is 4.98 Å². The number of imidazole rings is 1. The number of benzene rings is 1. The largest absolute Gasteiger partial charge is 0.348 e. The Bertz CT molecular complexity index is 488. The highest BCUT2D eigenvalue weighted by molar-refractivity contribution is 5.33. The summed E-state index contributed by atoms with van der Waals surface area (Å²) < 4.78 is 0. The smallest absolute Gasteiger partial charge is 0.0991 e. The van der Waals surface area contributed by atoms with Crippen LogP contribution in [0.5, 0.6) is 0 Å². The predicted octanol–water partition coefficient (Wildman–Crippen LogP) is 2.18. The second-order valence-electron chi connectivity index (χ2n) is 3.46. The molecule has 0 amide bonds. The van der Waals surface area contributed by atoms with Gasteiger partial charge in [-0.1, -0.05) is 12.1 Å². The maximum absolute atomic E-state index is 8.66. The molecule has 0 unspecified atom stereocenters. The lowest BCUT2D eigenvalue weighted by Crippen LogP contribution is -1.91. The topological polar surface area (TPSA) is 52.5 Å². The fourth-order valence-electron chi connectivity index (χ4n) is 1.46. The molecule has 74 valence electrons. The minimum absolute atomic E-state index is 0.692. The van der Waals surface area contributed by atoms with Crippen molar-refractivity contribution < 1.29 is 0 Å². The highest BCUT2D eigenvalue weighted by Gasteiger charge is 2.02. The van der Waals surface area contributed by atoms with Crippen LogP contribution in [-0.2, 0) is 6.42 Å². The van der Waals surface area contributed by atoms with Crippen LogP contribution < -0.4 is 0 Å². The second-order valence-corrected chi connectivity index (χ2v) is 3.46. The van der Waals surface area contributed by atoms with E-state index in [2.05, 4.69) is 16.0 Å². The molecule has 0 atom stereocenters. The number of H-pyrrole nitrogens is 1. The van der Waals surface area contributed by atoms with Gasteiger partial charge in [-0.25, -0.2) is 4.98 Å². The lowest BCUT2D eigenvalue weighted by molar-refractivity contribution is 1.08. The number of hydrogen-bond donors (Lipinski definition) is 1. The number of aromatic nitrogens is 2. The first-order valence-electron chi connectivity index (χ1n) is 4.77. The zero-order chi connectivity index (χ0) is 10.7. The van der Waals surface area contributed by atoms with Crippen molar-refractivity contribution in [3.63, 3.8) is 0 Å². The fraction of sp³-hybridized carbons (Fsp3) is 0.167. The lowest BCUT2D eigenvalue weighted by Gasteiger charge is -1.99. The molecule has 2 rings (SSSR count). The van der Waals surface area contributed by atoms with Crippen LogP contribution in [-0.4, -0.2) is 9.97 Å². The Morgan fingerprint density at radius 1 is 1.33 bits per heavy atom. The van der Waals surface area contributed by atoms with E-state index in [0.717, 1.165) is 17.8 Å². The van der Waals surface area contributed by atoms with E-state index < -0.39 is 0 Å². The molecule has 0 spiro atoms. The van der Waals surface area contributed by atoms with Gasteiger partial charge in [0.25, 0.3) is 0 Å². The molecular formula is C12H11N3. The number of aromatic amines is 1. The third-order valence-electron chi connectivity index (χ3n) is 2.39. The highest BCUT2D eigenvalue weighted by atomic mass is 14.9. The molecule has 0 saturated heterocycles. The molecule has 0 bridgehead atoms. The average molecular weight is 197 g/mol. The van der Waals surface area contributed by atoms with Crippen LogP contribution in [0.4, 0.5) is 0 Å². The summed E-state index contributed by atoms with van der Waals surface area (Å²) in [4.78, 5) is 7.28. The molecule has 0 saturated carbocycles. The zero-order valence-corrected chi connectivity index (χ0v) is 8.49. The van der Waals surface area contributed by atoms with E-state index in [4.69, 9.17) is 5.26 Å². The van der Waals surface area contributed by atoms with E-state index in [1.807, 2.05) is 31.2 Å². The van der Waals surface area contributed by atoms with Crippen LogP contribution in [0.1, 0.15) is 22.5 Å². The highest BCUT2D eigenvalue weighted by Crippen LogP contribution is 2.10. The van der Waals surface area contributed by atoms with Crippen LogP contribution in [0.15, 0.2) is 30.6 Å². The van der Waals surface area contributed by atoms with Crippen molar-refractivity contribution in [2.24, 2.45) is 0 Å². The normalized spacial score (nSPS) is 9.87. The van der Waals surface area contributed by atoms with Gasteiger partial charge in [-0.3, -0.25) is 0 Å². The standard InChI is InChI=1S/C12H11N3/c1-9-12(15-8-14-9)6-10-2-4-11(7-13)5-3-10/h2-5,8H,6H2,1H3,(H,14,15). The molecule has 3 heteroatoms. The Hall–Kier alpha value is -2.08. The van der Waals surface area contributed by atoms with Crippen LogP contribution in [0.25, 0.3) is 0 Å². The van der Waals surface area contributed by atoms with Crippen molar-refractivity contribution in [2.45, 2.75) is 13.3 Å². The molecule has 0 aliphatic carbocycles. The maximum atomic E-state index is 8.66. The Morgan fingerprint density at radius 3 is 2.60 bits per heavy atom. The van der Waals surface area contributed by atoms with Crippen molar-refractivity contribution in [1.82, 2.24) is 9.97 Å². The number of rotatable bonds is 2. The summed E-state index contributed by atoms with van der Waals surface area (Å²) in [5, 5.41) is 8.66. The van der Waals surface area contributed by atoms with Crippen molar-refractivity contribution in [3.8, 4) is 6.07 Å². The molecule has 1 aromatic carbocycles. The molecule has 15 heavy (non-hydrogen) atoms. The predicted molar refractivity (Wildman–Crippen MR) is 57.3 cm³/mol. The number of nitriles is 1. The Balaban J connectivity index is 2.19. The van der Waals surface area contributed by atoms with Crippen molar-refractivity contribution in [3.05, 3.63) is 53.1 Å². The summed E-state index contributed by atoms with van der Waals surface area (Å²) in [6, 6.07) is 9.69. The first kappa shape index (κ1) is 9.47. The summed E-state index contributed by atoms with van der Waals surface area (Å²) in [5.41, 5.74) is 4.01. The van der Waals surface area contributed by atoms with Gasteiger partial charge in [0.1, 0.15) is 0 Å². The Labute approximate surface area is 88.4 Å². The fourth-order valence-corrected chi connectivity index (χ4v) is 1.46. The summed E-state index contributed by atoms with van der Waals surface area (Å²) in [6.07, 6.45) is 2.51. The van der Waals surface area contributed by atoms with E-state index in [1.54, 1.807) is 6.33 Å². The van der Waals surface area contributed by atoms with Gasteiger partial charge in [0.15, 0.2) is 0 Å². The van der Waals surface area contributed by atoms with E-state index in [9.17, 15) is 0 Å². The quantitative estimate of drug-likeness (QED) is 0.802. The molecule has 0 aliphatic rings. The summed E-state index contributed by atoms with van der Waals surface area (Å²) in [5.74, 6) is 0. The SMILES string of the molecule is Cc1[nH]cnc1Cc1ccc(C#N)cc1. The van der Waals surface area contributed by atoms with Gasteiger partial charge in [0.05, 0.1) is 23.7 Å². The molecule has 1 heterocycles. The third-order valence-corrected chi connectivity index (χ3v) is 2.39. The molecule has 0 radical (unpaired) electrons. The van der Waals surface area contributed by atoms with Crippen molar-refractivity contribution in [2.75, 3.05) is 0 Å². The molecule has 2 aromatic rings. The molecule has 0 aliphatic heterocycles. The molecule has 3 nitrogen and oxygen atoms in total. The van der Waals surface area contributed by atoms with Gasteiger partial charge in [-0.15, -0.1) is 0 Å². The van der Waals surface area contributed by atoms with Crippen LogP contribution in [0.3, 0.4) is 0 Å². The Morgan fingerprint density at radius 2 is 2.07 bits per heavy atom. The molecule has 1 N–H and O–H groups in total. The summed E-state index contributed by atoms with van der Waals surface area (Å²) >= 11 is 0. The van der Waals surface area contributed by atoms with E-state index >= 15 is 0 Å². The van der Waals surface area contributed by atoms with Gasteiger partial charge in [0, 0.05) is 12.1 Å². The Kier molecular flexibility index (Phi) is 2.51. The van der Waals surface area contributed by atoms with E-state index in [0.29, 0.717) is 5.56 Å². The third kappa shape index (κ3) is 2.05. The maximum Gasteiger partial charge on any atom is 0.0991 e. The van der Waals surface area contributed by atoms with Crippen LogP contribution >= 0.6 is 0 Å². The first-order valence-corrected chi connectivity index (χ1v) is 4.77. The summed E-state index contributed by atoms with van der Waals surface area (Å²) in [6.45, 7) is 2.01. The van der Waals surface area contributed by atoms with Crippen molar-refractivity contribution in [1.29, 1.82) is 5.26 Å². The summed E-state index contributed by atoms with van der Waals surface area (Å²) in [7, 11) is 0. The van der Waals surface area contributed by atoms with E-state index in [1.165, 1.54) is 5.56 Å². The lowest BCUT2D eigenvalue weighted by atomic mass is 10.1. The zero-order valence-electron chi connectivity index (χ0n) is 8.49.